The summed E-state index contributed by atoms with van der Waals surface area (Å²) in [6, 6.07) is 27.9. The number of hydrogen-bond acceptors (Lipinski definition) is 7. The molecular formula is C79H98N2O6. The van der Waals surface area contributed by atoms with E-state index in [0.717, 1.165) is 147 Å². The molecule has 6 N–H and O–H groups in total. The summed E-state index contributed by atoms with van der Waals surface area (Å²) >= 11 is 0. The van der Waals surface area contributed by atoms with Crippen molar-refractivity contribution < 1.29 is 30.0 Å². The Morgan fingerprint density at radius 3 is 2.41 bits per heavy atom. The predicted octanol–water partition coefficient (Wildman–Crippen LogP) is 14.0. The molecule has 3 spiro atoms. The van der Waals surface area contributed by atoms with Gasteiger partial charge in [0.05, 0.1) is 36.8 Å². The molecule has 19 rings (SSSR count). The highest BCUT2D eigenvalue weighted by atomic mass is 16.5. The summed E-state index contributed by atoms with van der Waals surface area (Å²) in [7, 11) is 1.78. The van der Waals surface area contributed by atoms with Crippen LogP contribution in [0.1, 0.15) is 171 Å². The molecule has 3 aromatic carbocycles. The first-order chi connectivity index (χ1) is 42.3. The number of aliphatic carboxylic acids is 1. The number of methoxy groups -OCH3 is 1. The zero-order chi connectivity index (χ0) is 59.5. The molecule has 3 aromatic rings. The van der Waals surface area contributed by atoms with Crippen molar-refractivity contribution in [3.05, 3.63) is 170 Å². The average Bonchev–Trinajstić information content (AvgIpc) is 1.63. The maximum absolute atomic E-state index is 14.7. The van der Waals surface area contributed by atoms with Crippen molar-refractivity contribution in [1.29, 1.82) is 0 Å². The molecule has 5 saturated carbocycles. The lowest BCUT2D eigenvalue weighted by atomic mass is 9.27. The normalized spacial score (nSPS) is 40.0. The summed E-state index contributed by atoms with van der Waals surface area (Å²) in [5.41, 5.74) is 11.7. The van der Waals surface area contributed by atoms with Crippen molar-refractivity contribution in [3.63, 3.8) is 0 Å². The van der Waals surface area contributed by atoms with E-state index in [1.165, 1.54) is 74.9 Å². The first-order valence-corrected chi connectivity index (χ1v) is 34.7. The molecule has 0 saturated heterocycles. The van der Waals surface area contributed by atoms with Crippen molar-refractivity contribution in [1.82, 2.24) is 10.6 Å². The number of benzene rings is 3. The fraction of sp³-hybridized carbons (Fsp3) is 0.582. The number of aliphatic hydroxyl groups excluding tert-OH is 3. The molecule has 460 valence electrons. The van der Waals surface area contributed by atoms with Crippen LogP contribution in [-0.4, -0.2) is 65.4 Å². The van der Waals surface area contributed by atoms with E-state index in [0.29, 0.717) is 31.1 Å². The third-order valence-electron chi connectivity index (χ3n) is 27.4. The van der Waals surface area contributed by atoms with Gasteiger partial charge in [-0.3, -0.25) is 4.79 Å². The molecule has 0 radical (unpaired) electrons. The summed E-state index contributed by atoms with van der Waals surface area (Å²) in [6.45, 7) is 7.29. The number of carbonyl (C=O) groups is 1. The minimum Gasteiger partial charge on any atom is -0.516 e. The van der Waals surface area contributed by atoms with Crippen molar-refractivity contribution >= 4 is 23.2 Å². The summed E-state index contributed by atoms with van der Waals surface area (Å²) in [6.07, 6.45) is 38.4. The monoisotopic (exact) mass is 1170 g/mol. The second-order valence-electron chi connectivity index (χ2n) is 30.9. The van der Waals surface area contributed by atoms with Gasteiger partial charge in [-0.1, -0.05) is 147 Å². The van der Waals surface area contributed by atoms with Crippen LogP contribution >= 0.6 is 0 Å². The maximum Gasteiger partial charge on any atom is 0.306 e. The Labute approximate surface area is 518 Å². The SMILES string of the molecule is COCCc1ccc(CC2CCC3(CC2)CCC2CC4=C5CC67C=CCC8(C)C(O)CCC4(C4C=c9ccccc9=C(Cc9cccc(c9)C9=CC=C(NCCCC(C%10CCCCC%10)C(=CO)CCC(C(=O)O)C%10C(O)CC53C2%10C)NC9)C4=C6)C78)cc1. The van der Waals surface area contributed by atoms with Crippen LogP contribution in [0, 0.1) is 79.8 Å². The lowest BCUT2D eigenvalue weighted by molar-refractivity contribution is -0.198. The minimum absolute atomic E-state index is 0.0935. The molecule has 6 aliphatic heterocycles. The van der Waals surface area contributed by atoms with Crippen LogP contribution in [0.4, 0.5) is 0 Å². The number of fused-ring (bicyclic) bond motifs is 1. The predicted molar refractivity (Wildman–Crippen MR) is 347 cm³/mol. The van der Waals surface area contributed by atoms with Crippen molar-refractivity contribution in [2.24, 2.45) is 79.8 Å². The van der Waals surface area contributed by atoms with E-state index in [4.69, 9.17) is 4.74 Å². The lowest BCUT2D eigenvalue weighted by Crippen LogP contribution is -2.70. The first-order valence-electron chi connectivity index (χ1n) is 34.7. The van der Waals surface area contributed by atoms with Gasteiger partial charge in [-0.05, 0) is 236 Å². The third kappa shape index (κ3) is 8.89. The smallest absolute Gasteiger partial charge is 0.306 e. The Balaban J connectivity index is 0.917. The van der Waals surface area contributed by atoms with Crippen LogP contribution in [0.15, 0.2) is 138 Å². The summed E-state index contributed by atoms with van der Waals surface area (Å²) in [5.74, 6) is 0.706. The molecule has 10 aliphatic carbocycles. The lowest BCUT2D eigenvalue weighted by Gasteiger charge is -2.76. The number of ether oxygens (including phenoxy) is 1. The number of carboxylic acids is 1. The fourth-order valence-corrected chi connectivity index (χ4v) is 23.9. The molecular weight excluding hydrogens is 1070 g/mol. The first kappa shape index (κ1) is 58.0. The van der Waals surface area contributed by atoms with Crippen LogP contribution in [0.25, 0.3) is 17.2 Å². The Hall–Kier alpha value is -5.41. The number of carboxylic acid groups (broad SMARTS) is 1. The number of hydrogen-bond donors (Lipinski definition) is 6. The van der Waals surface area contributed by atoms with Crippen LogP contribution < -0.4 is 21.1 Å². The van der Waals surface area contributed by atoms with E-state index in [1.807, 2.05) is 0 Å². The Kier molecular flexibility index (Phi) is 14.8. The number of rotatable bonds is 7. The summed E-state index contributed by atoms with van der Waals surface area (Å²) < 4.78 is 5.43. The fourth-order valence-electron chi connectivity index (χ4n) is 23.9. The molecule has 0 aromatic heterocycles. The van der Waals surface area contributed by atoms with Gasteiger partial charge in [-0.25, -0.2) is 0 Å². The standard InChI is InChI=1S/C79H98N2O6/c1-74-32-11-33-76-45-64-63-42-53-12-9-16-55(41-53)57-24-26-70(81-48-57)80-38-10-18-60(54-13-5-4-6-14-54)58(49-82)23-25-62(72(85)86)71-68(83)47-79-67(46-76)66(78(73(74)76,37-30-69(74)84)65(64)43-56-15-7-8-17-61(56)63)44-59(75(71,79)2)29-36-77(79)34-27-52(28-35-77)40-51-21-19-50(20-22-51)31-39-87-3/h7-9,11-12,15-17,19-22,24,26,33,41,43,45,49,52,54,59-60,62,65,68-69,71,73,80-84H,4-6,10,13-14,18,23,25,27-32,34-40,42,44,46-48H2,1-3H3,(H,85,86). The van der Waals surface area contributed by atoms with Gasteiger partial charge in [0, 0.05) is 53.7 Å². The summed E-state index contributed by atoms with van der Waals surface area (Å²) in [5, 5.41) is 60.2. The maximum atomic E-state index is 14.7. The third-order valence-corrected chi connectivity index (χ3v) is 27.4. The molecule has 13 unspecified atom stereocenters. The van der Waals surface area contributed by atoms with E-state index >= 15 is 0 Å². The van der Waals surface area contributed by atoms with E-state index in [2.05, 4.69) is 134 Å². The van der Waals surface area contributed by atoms with E-state index in [-0.39, 0.29) is 39.9 Å². The average molecular weight is 1170 g/mol. The number of nitrogens with one attached hydrogen (secondary N) is 2. The second-order valence-corrected chi connectivity index (χ2v) is 30.9. The highest BCUT2D eigenvalue weighted by molar-refractivity contribution is 5.78. The molecule has 6 heterocycles. The minimum atomic E-state index is -0.782. The topological polar surface area (TPSA) is 131 Å². The molecule has 0 amide bonds. The van der Waals surface area contributed by atoms with Crippen LogP contribution in [0.2, 0.25) is 0 Å². The van der Waals surface area contributed by atoms with Crippen LogP contribution in [0.3, 0.4) is 0 Å². The largest absolute Gasteiger partial charge is 0.516 e. The number of aliphatic hydroxyl groups is 3. The van der Waals surface area contributed by atoms with Gasteiger partial charge in [0.2, 0.25) is 0 Å². The van der Waals surface area contributed by atoms with E-state index < -0.39 is 46.3 Å². The highest BCUT2D eigenvalue weighted by Gasteiger charge is 2.80. The van der Waals surface area contributed by atoms with Crippen molar-refractivity contribution in [3.8, 4) is 0 Å². The molecule has 8 heteroatoms. The van der Waals surface area contributed by atoms with Gasteiger partial charge in [0.1, 0.15) is 0 Å². The van der Waals surface area contributed by atoms with E-state index in [9.17, 15) is 25.2 Å². The Bertz CT molecular complexity index is 3520. The van der Waals surface area contributed by atoms with Crippen molar-refractivity contribution in [2.75, 3.05) is 26.8 Å². The molecule has 8 nitrogen and oxygen atoms in total. The Morgan fingerprint density at radius 1 is 0.828 bits per heavy atom. The van der Waals surface area contributed by atoms with Gasteiger partial charge in [-0.15, -0.1) is 0 Å². The molecule has 15 bridgehead atoms. The molecule has 87 heavy (non-hydrogen) atoms. The van der Waals surface area contributed by atoms with E-state index in [1.54, 1.807) is 18.3 Å². The van der Waals surface area contributed by atoms with Gasteiger partial charge < -0.3 is 35.8 Å². The van der Waals surface area contributed by atoms with Crippen molar-refractivity contribution in [2.45, 2.75) is 180 Å². The van der Waals surface area contributed by atoms with Gasteiger partial charge in [0.25, 0.3) is 0 Å². The van der Waals surface area contributed by atoms with Crippen LogP contribution in [-0.2, 0) is 28.8 Å². The quantitative estimate of drug-likeness (QED) is 0.102. The second kappa shape index (κ2) is 22.2. The number of allylic oxidation sites excluding steroid dienone is 9. The Morgan fingerprint density at radius 2 is 1.63 bits per heavy atom. The van der Waals surface area contributed by atoms with Crippen LogP contribution in [0.5, 0.6) is 0 Å². The zero-order valence-corrected chi connectivity index (χ0v) is 52.4. The summed E-state index contributed by atoms with van der Waals surface area (Å²) in [4.78, 5) is 14.7. The highest BCUT2D eigenvalue weighted by Crippen LogP contribution is 2.86. The number of dihydropyridines is 1. The molecule has 13 atom stereocenters. The van der Waals surface area contributed by atoms with Gasteiger partial charge in [0.15, 0.2) is 0 Å². The van der Waals surface area contributed by atoms with Gasteiger partial charge >= 0.3 is 5.97 Å². The zero-order valence-electron chi connectivity index (χ0n) is 52.4. The molecule has 16 aliphatic rings. The molecule has 5 fully saturated rings. The van der Waals surface area contributed by atoms with Gasteiger partial charge in [-0.2, -0.15) is 0 Å².